The second-order valence-corrected chi connectivity index (χ2v) is 6.82. The van der Waals surface area contributed by atoms with Crippen LogP contribution in [0.4, 0.5) is 5.69 Å². The van der Waals surface area contributed by atoms with Crippen molar-refractivity contribution in [3.05, 3.63) is 57.2 Å². The molecular formula is C16H16INOS. The Morgan fingerprint density at radius 3 is 2.70 bits per heavy atom. The molecule has 2 rings (SSSR count). The molecule has 0 atom stereocenters. The van der Waals surface area contributed by atoms with E-state index >= 15 is 0 Å². The molecule has 0 bridgehead atoms. The lowest BCUT2D eigenvalue weighted by atomic mass is 10.2. The van der Waals surface area contributed by atoms with Crippen LogP contribution in [-0.2, 0) is 0 Å². The molecule has 2 aromatic carbocycles. The van der Waals surface area contributed by atoms with E-state index < -0.39 is 0 Å². The van der Waals surface area contributed by atoms with Gasteiger partial charge in [-0.3, -0.25) is 4.79 Å². The van der Waals surface area contributed by atoms with Gasteiger partial charge < -0.3 is 5.32 Å². The number of rotatable bonds is 4. The lowest BCUT2D eigenvalue weighted by molar-refractivity contribution is 0.102. The van der Waals surface area contributed by atoms with Crippen LogP contribution in [0, 0.1) is 10.5 Å². The highest BCUT2D eigenvalue weighted by atomic mass is 127. The van der Waals surface area contributed by atoms with Crippen LogP contribution in [0.15, 0.2) is 47.4 Å². The van der Waals surface area contributed by atoms with Crippen LogP contribution in [0.5, 0.6) is 0 Å². The number of nitrogens with one attached hydrogen (secondary N) is 1. The molecule has 0 aliphatic carbocycles. The number of carbonyl (C=O) groups excluding carboxylic acids is 1. The van der Waals surface area contributed by atoms with Gasteiger partial charge >= 0.3 is 0 Å². The third-order valence-corrected chi connectivity index (χ3v) is 4.98. The van der Waals surface area contributed by atoms with Crippen LogP contribution < -0.4 is 5.32 Å². The molecule has 0 radical (unpaired) electrons. The zero-order valence-corrected chi connectivity index (χ0v) is 14.4. The zero-order chi connectivity index (χ0) is 14.5. The maximum atomic E-state index is 12.4. The van der Waals surface area contributed by atoms with Gasteiger partial charge in [-0.1, -0.05) is 25.1 Å². The summed E-state index contributed by atoms with van der Waals surface area (Å²) in [5.41, 5.74) is 2.78. The molecule has 2 aromatic rings. The highest BCUT2D eigenvalue weighted by Gasteiger charge is 2.11. The molecule has 4 heteroatoms. The van der Waals surface area contributed by atoms with Gasteiger partial charge in [0.2, 0.25) is 0 Å². The number of carbonyl (C=O) groups is 1. The van der Waals surface area contributed by atoms with Crippen molar-refractivity contribution in [1.29, 1.82) is 0 Å². The smallest absolute Gasteiger partial charge is 0.256 e. The molecule has 0 fully saturated rings. The molecule has 0 aromatic heterocycles. The Balaban J connectivity index is 2.21. The monoisotopic (exact) mass is 397 g/mol. The van der Waals surface area contributed by atoms with E-state index in [1.807, 2.05) is 42.5 Å². The number of amides is 1. The molecule has 0 aliphatic heterocycles. The Morgan fingerprint density at radius 2 is 2.00 bits per heavy atom. The number of aryl methyl sites for hydroxylation is 1. The van der Waals surface area contributed by atoms with E-state index in [2.05, 4.69) is 41.8 Å². The minimum Gasteiger partial charge on any atom is -0.322 e. The average molecular weight is 397 g/mol. The van der Waals surface area contributed by atoms with Crippen molar-refractivity contribution in [2.45, 2.75) is 18.7 Å². The third-order valence-electron chi connectivity index (χ3n) is 2.86. The molecule has 20 heavy (non-hydrogen) atoms. The van der Waals surface area contributed by atoms with Gasteiger partial charge in [0.1, 0.15) is 0 Å². The lowest BCUT2D eigenvalue weighted by Crippen LogP contribution is -2.13. The Labute approximate surface area is 137 Å². The highest BCUT2D eigenvalue weighted by Crippen LogP contribution is 2.24. The van der Waals surface area contributed by atoms with Gasteiger partial charge in [0, 0.05) is 14.2 Å². The predicted molar refractivity (Wildman–Crippen MR) is 94.7 cm³/mol. The number of anilines is 1. The van der Waals surface area contributed by atoms with Gasteiger partial charge in [-0.2, -0.15) is 0 Å². The first-order chi connectivity index (χ1) is 9.61. The molecule has 0 saturated heterocycles. The van der Waals surface area contributed by atoms with Gasteiger partial charge in [0.05, 0.1) is 5.56 Å². The summed E-state index contributed by atoms with van der Waals surface area (Å²) in [4.78, 5) is 13.4. The minimum absolute atomic E-state index is 0.0544. The number of hydrogen-bond donors (Lipinski definition) is 1. The van der Waals surface area contributed by atoms with Crippen molar-refractivity contribution in [1.82, 2.24) is 0 Å². The maximum absolute atomic E-state index is 12.4. The normalized spacial score (nSPS) is 10.3. The fourth-order valence-electron chi connectivity index (χ4n) is 1.80. The van der Waals surface area contributed by atoms with Gasteiger partial charge in [-0.15, -0.1) is 11.8 Å². The zero-order valence-electron chi connectivity index (χ0n) is 11.4. The molecule has 1 N–H and O–H groups in total. The molecule has 0 aliphatic rings. The summed E-state index contributed by atoms with van der Waals surface area (Å²) in [7, 11) is 0. The molecule has 0 spiro atoms. The van der Waals surface area contributed by atoms with E-state index in [1.165, 1.54) is 5.56 Å². The molecule has 0 saturated carbocycles. The molecule has 2 nitrogen and oxygen atoms in total. The summed E-state index contributed by atoms with van der Waals surface area (Å²) in [5, 5.41) is 2.97. The van der Waals surface area contributed by atoms with Crippen LogP contribution in [0.1, 0.15) is 22.8 Å². The van der Waals surface area contributed by atoms with Crippen LogP contribution in [-0.4, -0.2) is 11.7 Å². The predicted octanol–water partition coefficient (Wildman–Crippen LogP) is 4.96. The molecule has 104 valence electrons. The summed E-state index contributed by atoms with van der Waals surface area (Å²) >= 11 is 3.96. The fourth-order valence-corrected chi connectivity index (χ4v) is 3.12. The first-order valence-electron chi connectivity index (χ1n) is 6.41. The fraction of sp³-hybridized carbons (Fsp3) is 0.188. The van der Waals surface area contributed by atoms with Gasteiger partial charge in [-0.25, -0.2) is 0 Å². The van der Waals surface area contributed by atoms with Crippen LogP contribution in [0.25, 0.3) is 0 Å². The van der Waals surface area contributed by atoms with E-state index in [4.69, 9.17) is 0 Å². The largest absolute Gasteiger partial charge is 0.322 e. The van der Waals surface area contributed by atoms with Crippen LogP contribution in [0.3, 0.4) is 0 Å². The number of benzene rings is 2. The van der Waals surface area contributed by atoms with Crippen molar-refractivity contribution in [2.75, 3.05) is 11.1 Å². The Morgan fingerprint density at radius 1 is 1.25 bits per heavy atom. The number of thioether (sulfide) groups is 1. The number of halogens is 1. The van der Waals surface area contributed by atoms with Crippen molar-refractivity contribution in [3.8, 4) is 0 Å². The topological polar surface area (TPSA) is 29.1 Å². The standard InChI is InChI=1S/C16H16INOS/c1-3-20-15-7-5-4-6-13(15)16(19)18-12-9-8-11(2)14(17)10-12/h4-10H,3H2,1-2H3,(H,18,19). The first-order valence-corrected chi connectivity index (χ1v) is 8.47. The summed E-state index contributed by atoms with van der Waals surface area (Å²) in [6, 6.07) is 13.7. The van der Waals surface area contributed by atoms with Crippen LogP contribution in [0.2, 0.25) is 0 Å². The Hall–Kier alpha value is -1.01. The summed E-state index contributed by atoms with van der Waals surface area (Å²) in [6.07, 6.45) is 0. The SMILES string of the molecule is CCSc1ccccc1C(=O)Nc1ccc(C)c(I)c1. The van der Waals surface area contributed by atoms with Gasteiger partial charge in [-0.05, 0) is 65.1 Å². The van der Waals surface area contributed by atoms with E-state index in [-0.39, 0.29) is 5.91 Å². The molecule has 1 amide bonds. The minimum atomic E-state index is -0.0544. The second-order valence-electron chi connectivity index (χ2n) is 4.35. The van der Waals surface area contributed by atoms with Gasteiger partial charge in [0.25, 0.3) is 5.91 Å². The van der Waals surface area contributed by atoms with Crippen molar-refractivity contribution >= 4 is 45.9 Å². The van der Waals surface area contributed by atoms with Crippen molar-refractivity contribution in [2.24, 2.45) is 0 Å². The Bertz CT molecular complexity index is 628. The highest BCUT2D eigenvalue weighted by molar-refractivity contribution is 14.1. The molecule has 0 unspecified atom stereocenters. The summed E-state index contributed by atoms with van der Waals surface area (Å²) < 4.78 is 1.15. The summed E-state index contributed by atoms with van der Waals surface area (Å²) in [6.45, 7) is 4.14. The molecular weight excluding hydrogens is 381 g/mol. The van der Waals surface area contributed by atoms with E-state index in [9.17, 15) is 4.79 Å². The van der Waals surface area contributed by atoms with E-state index in [0.717, 1.165) is 25.5 Å². The second kappa shape index (κ2) is 7.13. The quantitative estimate of drug-likeness (QED) is 0.584. The lowest BCUT2D eigenvalue weighted by Gasteiger charge is -2.10. The Kier molecular flexibility index (Phi) is 5.48. The van der Waals surface area contributed by atoms with E-state index in [1.54, 1.807) is 11.8 Å². The summed E-state index contributed by atoms with van der Waals surface area (Å²) in [5.74, 6) is 0.897. The maximum Gasteiger partial charge on any atom is 0.256 e. The van der Waals surface area contributed by atoms with Crippen LogP contribution >= 0.6 is 34.4 Å². The van der Waals surface area contributed by atoms with E-state index in [0.29, 0.717) is 0 Å². The molecule has 0 heterocycles. The number of hydrogen-bond acceptors (Lipinski definition) is 2. The average Bonchev–Trinajstić information content (AvgIpc) is 2.44. The third kappa shape index (κ3) is 3.76. The van der Waals surface area contributed by atoms with Crippen molar-refractivity contribution < 1.29 is 4.79 Å². The van der Waals surface area contributed by atoms with Gasteiger partial charge in [0.15, 0.2) is 0 Å². The first kappa shape index (κ1) is 15.4. The van der Waals surface area contributed by atoms with Crippen molar-refractivity contribution in [3.63, 3.8) is 0 Å².